The van der Waals surface area contributed by atoms with Crippen LogP contribution in [0.25, 0.3) is 0 Å². The minimum absolute atomic E-state index is 0.107. The maximum atomic E-state index is 7.44. The van der Waals surface area contributed by atoms with Gasteiger partial charge in [0, 0.05) is 6.54 Å². The molecule has 0 aliphatic rings. The monoisotopic (exact) mass is 194 g/mol. The van der Waals surface area contributed by atoms with E-state index in [1.54, 1.807) is 6.20 Å². The van der Waals surface area contributed by atoms with Crippen LogP contribution in [0, 0.1) is 5.41 Å². The van der Waals surface area contributed by atoms with Gasteiger partial charge in [0.2, 0.25) is 0 Å². The van der Waals surface area contributed by atoms with Crippen LogP contribution in [0.3, 0.4) is 0 Å². The van der Waals surface area contributed by atoms with E-state index in [1.165, 1.54) is 0 Å². The van der Waals surface area contributed by atoms with Crippen LogP contribution in [-0.4, -0.2) is 15.6 Å². The molecule has 0 aliphatic carbocycles. The van der Waals surface area contributed by atoms with E-state index in [-0.39, 0.29) is 5.84 Å². The molecule has 0 radical (unpaired) electrons. The van der Waals surface area contributed by atoms with E-state index in [4.69, 9.17) is 11.1 Å². The predicted octanol–water partition coefficient (Wildman–Crippen LogP) is 1.70. The highest BCUT2D eigenvalue weighted by molar-refractivity contribution is 5.95. The van der Waals surface area contributed by atoms with Crippen LogP contribution in [0.4, 0.5) is 0 Å². The van der Waals surface area contributed by atoms with E-state index in [2.05, 4.69) is 25.9 Å². The largest absolute Gasteiger partial charge is 0.384 e. The maximum Gasteiger partial charge on any atom is 0.126 e. The number of nitrogens with one attached hydrogen (secondary N) is 1. The van der Waals surface area contributed by atoms with E-state index >= 15 is 0 Å². The lowest BCUT2D eigenvalue weighted by Gasteiger charge is -2.11. The average Bonchev–Trinajstić information content (AvgIpc) is 2.48. The normalized spacial score (nSPS) is 10.9. The zero-order valence-electron chi connectivity index (χ0n) is 9.04. The lowest BCUT2D eigenvalue weighted by atomic mass is 10.1. The summed E-state index contributed by atoms with van der Waals surface area (Å²) in [5.74, 6) is 0.457. The van der Waals surface area contributed by atoms with Gasteiger partial charge in [-0.3, -0.25) is 10.1 Å². The molecular weight excluding hydrogens is 176 g/mol. The Morgan fingerprint density at radius 2 is 2.29 bits per heavy atom. The van der Waals surface area contributed by atoms with Crippen LogP contribution in [0.5, 0.6) is 0 Å². The van der Waals surface area contributed by atoms with Crippen molar-refractivity contribution >= 4 is 5.84 Å². The Morgan fingerprint density at radius 1 is 1.64 bits per heavy atom. The number of nitrogens with zero attached hydrogens (tertiary/aromatic N) is 2. The Bertz CT molecular complexity index is 325. The SMILES string of the molecule is CCCn1ncc(C(=N)N)c1C(C)C. The molecule has 0 aromatic carbocycles. The zero-order chi connectivity index (χ0) is 10.7. The number of aryl methyl sites for hydroxylation is 1. The summed E-state index contributed by atoms with van der Waals surface area (Å²) in [7, 11) is 0. The summed E-state index contributed by atoms with van der Waals surface area (Å²) in [4.78, 5) is 0. The summed E-state index contributed by atoms with van der Waals surface area (Å²) >= 11 is 0. The average molecular weight is 194 g/mol. The molecule has 0 amide bonds. The molecular formula is C10H18N4. The standard InChI is InChI=1S/C10H18N4/c1-4-5-14-9(7(2)3)8(6-13-14)10(11)12/h6-7H,4-5H2,1-3H3,(H3,11,12). The second-order valence-corrected chi connectivity index (χ2v) is 3.74. The van der Waals surface area contributed by atoms with Gasteiger partial charge in [-0.1, -0.05) is 20.8 Å². The number of nitrogens with two attached hydrogens (primary N) is 1. The van der Waals surface area contributed by atoms with E-state index < -0.39 is 0 Å². The van der Waals surface area contributed by atoms with Gasteiger partial charge in [0.15, 0.2) is 0 Å². The number of hydrogen-bond donors (Lipinski definition) is 2. The molecule has 4 heteroatoms. The molecule has 0 fully saturated rings. The summed E-state index contributed by atoms with van der Waals surface area (Å²) in [6.45, 7) is 7.19. The lowest BCUT2D eigenvalue weighted by Crippen LogP contribution is -2.15. The van der Waals surface area contributed by atoms with Crippen molar-refractivity contribution in [3.05, 3.63) is 17.5 Å². The fourth-order valence-electron chi connectivity index (χ4n) is 1.60. The van der Waals surface area contributed by atoms with Crippen molar-refractivity contribution in [2.45, 2.75) is 39.7 Å². The minimum atomic E-state index is 0.107. The van der Waals surface area contributed by atoms with Gasteiger partial charge >= 0.3 is 0 Å². The van der Waals surface area contributed by atoms with Gasteiger partial charge in [0.25, 0.3) is 0 Å². The van der Waals surface area contributed by atoms with Crippen molar-refractivity contribution in [2.75, 3.05) is 0 Å². The summed E-state index contributed by atoms with van der Waals surface area (Å²) in [6, 6.07) is 0. The number of amidine groups is 1. The predicted molar refractivity (Wildman–Crippen MR) is 57.6 cm³/mol. The summed E-state index contributed by atoms with van der Waals surface area (Å²) < 4.78 is 1.95. The highest BCUT2D eigenvalue weighted by Crippen LogP contribution is 2.19. The summed E-state index contributed by atoms with van der Waals surface area (Å²) in [5, 5.41) is 11.7. The van der Waals surface area contributed by atoms with Gasteiger partial charge in [-0.2, -0.15) is 5.10 Å². The number of rotatable bonds is 4. The molecule has 3 N–H and O–H groups in total. The van der Waals surface area contributed by atoms with E-state index in [1.807, 2.05) is 4.68 Å². The smallest absolute Gasteiger partial charge is 0.126 e. The molecule has 78 valence electrons. The molecule has 14 heavy (non-hydrogen) atoms. The van der Waals surface area contributed by atoms with Gasteiger partial charge in [-0.05, 0) is 12.3 Å². The fourth-order valence-corrected chi connectivity index (χ4v) is 1.60. The second kappa shape index (κ2) is 4.26. The van der Waals surface area contributed by atoms with Gasteiger partial charge in [0.05, 0.1) is 17.5 Å². The van der Waals surface area contributed by atoms with Gasteiger partial charge in [0.1, 0.15) is 5.84 Å². The molecule has 1 heterocycles. The molecule has 0 spiro atoms. The highest BCUT2D eigenvalue weighted by Gasteiger charge is 2.15. The van der Waals surface area contributed by atoms with Crippen molar-refractivity contribution in [1.82, 2.24) is 9.78 Å². The van der Waals surface area contributed by atoms with E-state index in [0.717, 1.165) is 24.2 Å². The van der Waals surface area contributed by atoms with Crippen LogP contribution in [0.15, 0.2) is 6.20 Å². The molecule has 4 nitrogen and oxygen atoms in total. The molecule has 0 saturated heterocycles. The first-order valence-corrected chi connectivity index (χ1v) is 4.98. The number of nitrogen functional groups attached to an aromatic ring is 1. The Morgan fingerprint density at radius 3 is 2.71 bits per heavy atom. The Hall–Kier alpha value is -1.32. The molecule has 0 saturated carbocycles. The van der Waals surface area contributed by atoms with Crippen molar-refractivity contribution in [3.63, 3.8) is 0 Å². The quantitative estimate of drug-likeness (QED) is 0.566. The summed E-state index contributed by atoms with van der Waals surface area (Å²) in [5.41, 5.74) is 7.33. The second-order valence-electron chi connectivity index (χ2n) is 3.74. The topological polar surface area (TPSA) is 67.7 Å². The van der Waals surface area contributed by atoms with Crippen molar-refractivity contribution < 1.29 is 0 Å². The number of hydrogen-bond acceptors (Lipinski definition) is 2. The van der Waals surface area contributed by atoms with Crippen molar-refractivity contribution in [2.24, 2.45) is 5.73 Å². The van der Waals surface area contributed by atoms with Crippen LogP contribution in [0.1, 0.15) is 44.4 Å². The zero-order valence-corrected chi connectivity index (χ0v) is 9.04. The highest BCUT2D eigenvalue weighted by atomic mass is 15.3. The molecule has 1 aromatic rings. The Labute approximate surface area is 84.6 Å². The Kier molecular flexibility index (Phi) is 3.28. The first-order valence-electron chi connectivity index (χ1n) is 4.98. The Balaban J connectivity index is 3.13. The molecule has 0 bridgehead atoms. The molecule has 1 rings (SSSR count). The van der Waals surface area contributed by atoms with Crippen LogP contribution in [0.2, 0.25) is 0 Å². The molecule has 1 aromatic heterocycles. The minimum Gasteiger partial charge on any atom is -0.384 e. The van der Waals surface area contributed by atoms with E-state index in [0.29, 0.717) is 5.92 Å². The third-order valence-corrected chi connectivity index (χ3v) is 2.15. The third kappa shape index (κ3) is 1.95. The first kappa shape index (κ1) is 10.8. The van der Waals surface area contributed by atoms with Gasteiger partial charge < -0.3 is 5.73 Å². The maximum absolute atomic E-state index is 7.44. The van der Waals surface area contributed by atoms with Crippen LogP contribution in [-0.2, 0) is 6.54 Å². The van der Waals surface area contributed by atoms with Gasteiger partial charge in [-0.25, -0.2) is 0 Å². The number of aromatic nitrogens is 2. The molecule has 0 aliphatic heterocycles. The van der Waals surface area contributed by atoms with Gasteiger partial charge in [-0.15, -0.1) is 0 Å². The van der Waals surface area contributed by atoms with Crippen LogP contribution >= 0.6 is 0 Å². The molecule has 0 unspecified atom stereocenters. The third-order valence-electron chi connectivity index (χ3n) is 2.15. The lowest BCUT2D eigenvalue weighted by molar-refractivity contribution is 0.557. The van der Waals surface area contributed by atoms with Crippen molar-refractivity contribution in [1.29, 1.82) is 5.41 Å². The fraction of sp³-hybridized carbons (Fsp3) is 0.600. The van der Waals surface area contributed by atoms with Crippen LogP contribution < -0.4 is 5.73 Å². The van der Waals surface area contributed by atoms with Crippen molar-refractivity contribution in [3.8, 4) is 0 Å². The first-order chi connectivity index (χ1) is 6.57. The van der Waals surface area contributed by atoms with E-state index in [9.17, 15) is 0 Å². The molecule has 0 atom stereocenters. The summed E-state index contributed by atoms with van der Waals surface area (Å²) in [6.07, 6.45) is 2.73.